The van der Waals surface area contributed by atoms with Crippen LogP contribution in [0.3, 0.4) is 0 Å². The first-order valence-corrected chi connectivity index (χ1v) is 9.99. The first kappa shape index (κ1) is 19.7. The molecule has 0 bridgehead atoms. The fraction of sp³-hybridized carbons (Fsp3) is 0. The van der Waals surface area contributed by atoms with Crippen LogP contribution in [0.4, 0.5) is 11.4 Å². The molecule has 2 aromatic carbocycles. The first-order chi connectivity index (χ1) is 14.5. The second-order valence-corrected chi connectivity index (χ2v) is 7.50. The van der Waals surface area contributed by atoms with Gasteiger partial charge in [0.05, 0.1) is 10.6 Å². The number of nitrogens with one attached hydrogen (secondary N) is 1. The van der Waals surface area contributed by atoms with Crippen LogP contribution in [0.15, 0.2) is 72.4 Å². The molecule has 0 unspecified atom stereocenters. The minimum atomic E-state index is -0.623. The standard InChI is InChI=1S/C21H13ClN4O3S/c22-17-5-4-15(11-19(17)26(28)29)20(27)24-16-3-1-2-14(10-16)18-12-30-21(25-18)13-6-8-23-9-7-13/h1-12H,(H,24,27). The summed E-state index contributed by atoms with van der Waals surface area (Å²) >= 11 is 7.33. The van der Waals surface area contributed by atoms with Gasteiger partial charge in [-0.05, 0) is 36.4 Å². The van der Waals surface area contributed by atoms with E-state index in [9.17, 15) is 14.9 Å². The number of nitrogens with zero attached hydrogens (tertiary/aromatic N) is 3. The molecule has 0 saturated heterocycles. The SMILES string of the molecule is O=C(Nc1cccc(-c2csc(-c3ccncc3)n2)c1)c1ccc(Cl)c([N+](=O)[O-])c1. The third kappa shape index (κ3) is 4.19. The first-order valence-electron chi connectivity index (χ1n) is 8.73. The van der Waals surface area contributed by atoms with Crippen molar-refractivity contribution >= 4 is 40.2 Å². The van der Waals surface area contributed by atoms with Crippen molar-refractivity contribution in [3.63, 3.8) is 0 Å². The number of hydrogen-bond acceptors (Lipinski definition) is 6. The molecule has 148 valence electrons. The number of benzene rings is 2. The Morgan fingerprint density at radius 3 is 2.63 bits per heavy atom. The number of halogens is 1. The van der Waals surface area contributed by atoms with Crippen LogP contribution in [0.5, 0.6) is 0 Å². The van der Waals surface area contributed by atoms with Crippen molar-refractivity contribution < 1.29 is 9.72 Å². The third-order valence-electron chi connectivity index (χ3n) is 4.25. The van der Waals surface area contributed by atoms with Gasteiger partial charge in [-0.25, -0.2) is 4.98 Å². The van der Waals surface area contributed by atoms with Gasteiger partial charge in [0.1, 0.15) is 10.0 Å². The van der Waals surface area contributed by atoms with Gasteiger partial charge in [0.2, 0.25) is 0 Å². The number of carbonyl (C=O) groups excluding carboxylic acids is 1. The monoisotopic (exact) mass is 436 g/mol. The smallest absolute Gasteiger partial charge is 0.288 e. The summed E-state index contributed by atoms with van der Waals surface area (Å²) < 4.78 is 0. The summed E-state index contributed by atoms with van der Waals surface area (Å²) in [5.41, 5.74) is 2.98. The Balaban J connectivity index is 1.56. The van der Waals surface area contributed by atoms with Crippen LogP contribution in [0.2, 0.25) is 5.02 Å². The Bertz CT molecular complexity index is 1240. The number of aromatic nitrogens is 2. The van der Waals surface area contributed by atoms with Gasteiger partial charge in [0.25, 0.3) is 11.6 Å². The Morgan fingerprint density at radius 2 is 1.87 bits per heavy atom. The zero-order valence-corrected chi connectivity index (χ0v) is 16.9. The highest BCUT2D eigenvalue weighted by Gasteiger charge is 2.16. The number of amides is 1. The number of hydrogen-bond donors (Lipinski definition) is 1. The molecule has 7 nitrogen and oxygen atoms in total. The van der Waals surface area contributed by atoms with Gasteiger partial charge in [-0.15, -0.1) is 11.3 Å². The molecule has 4 aromatic rings. The lowest BCUT2D eigenvalue weighted by atomic mass is 10.1. The Hall–Kier alpha value is -3.62. The third-order valence-corrected chi connectivity index (χ3v) is 5.46. The van der Waals surface area contributed by atoms with E-state index >= 15 is 0 Å². The molecule has 0 atom stereocenters. The Morgan fingerprint density at radius 1 is 1.07 bits per heavy atom. The van der Waals surface area contributed by atoms with Gasteiger partial charge in [0.15, 0.2) is 0 Å². The van der Waals surface area contributed by atoms with E-state index in [4.69, 9.17) is 11.6 Å². The second kappa shape index (κ2) is 8.40. The van der Waals surface area contributed by atoms with Gasteiger partial charge >= 0.3 is 0 Å². The summed E-state index contributed by atoms with van der Waals surface area (Å²) in [6, 6.07) is 15.0. The number of nitro benzene ring substituents is 1. The highest BCUT2D eigenvalue weighted by molar-refractivity contribution is 7.13. The van der Waals surface area contributed by atoms with E-state index in [1.165, 1.54) is 23.5 Å². The fourth-order valence-electron chi connectivity index (χ4n) is 2.79. The van der Waals surface area contributed by atoms with Crippen molar-refractivity contribution in [1.82, 2.24) is 9.97 Å². The molecule has 0 radical (unpaired) electrons. The van der Waals surface area contributed by atoms with Crippen LogP contribution in [-0.4, -0.2) is 20.8 Å². The average Bonchev–Trinajstić information content (AvgIpc) is 3.25. The molecule has 0 aliphatic rings. The molecule has 2 aromatic heterocycles. The lowest BCUT2D eigenvalue weighted by molar-refractivity contribution is -0.384. The molecule has 30 heavy (non-hydrogen) atoms. The van der Waals surface area contributed by atoms with Crippen LogP contribution in [0.1, 0.15) is 10.4 Å². The summed E-state index contributed by atoms with van der Waals surface area (Å²) in [5, 5.41) is 16.6. The number of pyridine rings is 1. The van der Waals surface area contributed by atoms with Crippen molar-refractivity contribution in [2.75, 3.05) is 5.32 Å². The van der Waals surface area contributed by atoms with Crippen LogP contribution >= 0.6 is 22.9 Å². The van der Waals surface area contributed by atoms with Crippen molar-refractivity contribution in [2.45, 2.75) is 0 Å². The van der Waals surface area contributed by atoms with Crippen molar-refractivity contribution in [3.8, 4) is 21.8 Å². The summed E-state index contributed by atoms with van der Waals surface area (Å²) in [7, 11) is 0. The molecule has 1 amide bonds. The van der Waals surface area contributed by atoms with Gasteiger partial charge in [-0.1, -0.05) is 23.7 Å². The zero-order valence-electron chi connectivity index (χ0n) is 15.3. The number of thiazole rings is 1. The van der Waals surface area contributed by atoms with Gasteiger partial charge in [-0.3, -0.25) is 19.9 Å². The van der Waals surface area contributed by atoms with Crippen molar-refractivity contribution in [1.29, 1.82) is 0 Å². The van der Waals surface area contributed by atoms with E-state index < -0.39 is 10.8 Å². The van der Waals surface area contributed by atoms with E-state index in [2.05, 4.69) is 15.3 Å². The largest absolute Gasteiger partial charge is 0.322 e. The predicted octanol–water partition coefficient (Wildman–Crippen LogP) is 5.69. The second-order valence-electron chi connectivity index (χ2n) is 6.23. The molecule has 4 rings (SSSR count). The highest BCUT2D eigenvalue weighted by atomic mass is 35.5. The molecule has 9 heteroatoms. The number of nitro groups is 1. The fourth-order valence-corrected chi connectivity index (χ4v) is 3.81. The maximum absolute atomic E-state index is 12.5. The number of anilines is 1. The summed E-state index contributed by atoms with van der Waals surface area (Å²) in [5.74, 6) is -0.470. The number of carbonyl (C=O) groups is 1. The van der Waals surface area contributed by atoms with Crippen molar-refractivity contribution in [2.24, 2.45) is 0 Å². The zero-order chi connectivity index (χ0) is 21.1. The quantitative estimate of drug-likeness (QED) is 0.320. The van der Waals surface area contributed by atoms with Crippen LogP contribution < -0.4 is 5.32 Å². The van der Waals surface area contributed by atoms with Gasteiger partial charge in [-0.2, -0.15) is 0 Å². The van der Waals surface area contributed by atoms with Crippen LogP contribution in [0.25, 0.3) is 21.8 Å². The Labute approximate surface area is 180 Å². The summed E-state index contributed by atoms with van der Waals surface area (Å²) in [6.07, 6.45) is 3.43. The molecule has 0 fully saturated rings. The molecule has 0 aliphatic heterocycles. The Kier molecular flexibility index (Phi) is 5.51. The van der Waals surface area contributed by atoms with Crippen LogP contribution in [0, 0.1) is 10.1 Å². The maximum atomic E-state index is 12.5. The van der Waals surface area contributed by atoms with E-state index in [1.54, 1.807) is 30.6 Å². The molecule has 0 saturated carbocycles. The predicted molar refractivity (Wildman–Crippen MR) is 117 cm³/mol. The lowest BCUT2D eigenvalue weighted by Gasteiger charge is -2.07. The lowest BCUT2D eigenvalue weighted by Crippen LogP contribution is -2.12. The minimum Gasteiger partial charge on any atom is -0.322 e. The molecule has 0 aliphatic carbocycles. The molecular formula is C21H13ClN4O3S. The van der Waals surface area contributed by atoms with E-state index in [1.807, 2.05) is 23.6 Å². The molecule has 1 N–H and O–H groups in total. The molecule has 0 spiro atoms. The van der Waals surface area contributed by atoms with Crippen LogP contribution in [-0.2, 0) is 0 Å². The molecular weight excluding hydrogens is 424 g/mol. The maximum Gasteiger partial charge on any atom is 0.288 e. The molecule has 2 heterocycles. The van der Waals surface area contributed by atoms with Gasteiger partial charge < -0.3 is 5.32 Å². The topological polar surface area (TPSA) is 98.0 Å². The average molecular weight is 437 g/mol. The van der Waals surface area contributed by atoms with Gasteiger partial charge in [0, 0.05) is 46.2 Å². The normalized spacial score (nSPS) is 10.6. The van der Waals surface area contributed by atoms with E-state index in [0.717, 1.165) is 27.9 Å². The van der Waals surface area contributed by atoms with Crippen molar-refractivity contribution in [3.05, 3.63) is 93.1 Å². The minimum absolute atomic E-state index is 0.0212. The highest BCUT2D eigenvalue weighted by Crippen LogP contribution is 2.30. The van der Waals surface area contributed by atoms with E-state index in [0.29, 0.717) is 5.69 Å². The number of rotatable bonds is 5. The van der Waals surface area contributed by atoms with E-state index in [-0.39, 0.29) is 16.3 Å². The summed E-state index contributed by atoms with van der Waals surface area (Å²) in [6.45, 7) is 0. The summed E-state index contributed by atoms with van der Waals surface area (Å²) in [4.78, 5) is 31.6.